The highest BCUT2D eigenvalue weighted by Crippen LogP contribution is 2.30. The largest absolute Gasteiger partial charge is 0.379 e. The fourth-order valence-corrected chi connectivity index (χ4v) is 2.52. The molecule has 1 aliphatic carbocycles. The van der Waals surface area contributed by atoms with Crippen LogP contribution in [-0.4, -0.2) is 44.9 Å². The molecule has 3 unspecified atom stereocenters. The summed E-state index contributed by atoms with van der Waals surface area (Å²) in [5.41, 5.74) is 1.57. The molecule has 5 nitrogen and oxygen atoms in total. The molecule has 1 fully saturated rings. The highest BCUT2D eigenvalue weighted by molar-refractivity contribution is 5.94. The standard InChI is InChI=1S/C15H22N2O3/c1-4-20-13-9-12(14(13)19-3)17-11-7-5-6-10(8-11)15(18)16-2/h5-8,12-14,17H,4,9H2,1-3H3,(H,16,18). The van der Waals surface area contributed by atoms with Gasteiger partial charge in [0.25, 0.3) is 5.91 Å². The van der Waals surface area contributed by atoms with Crippen LogP contribution >= 0.6 is 0 Å². The summed E-state index contributed by atoms with van der Waals surface area (Å²) in [4.78, 5) is 11.6. The van der Waals surface area contributed by atoms with Gasteiger partial charge in [0.1, 0.15) is 6.10 Å². The number of carbonyl (C=O) groups is 1. The zero-order chi connectivity index (χ0) is 14.5. The number of anilines is 1. The second-order valence-corrected chi connectivity index (χ2v) is 4.84. The van der Waals surface area contributed by atoms with Gasteiger partial charge in [0.15, 0.2) is 0 Å². The summed E-state index contributed by atoms with van der Waals surface area (Å²) in [6, 6.07) is 7.68. The lowest BCUT2D eigenvalue weighted by atomic mass is 9.85. The summed E-state index contributed by atoms with van der Waals surface area (Å²) in [6.07, 6.45) is 1.12. The number of amides is 1. The minimum Gasteiger partial charge on any atom is -0.379 e. The summed E-state index contributed by atoms with van der Waals surface area (Å²) in [5, 5.41) is 6.02. The van der Waals surface area contributed by atoms with Crippen LogP contribution in [0.15, 0.2) is 24.3 Å². The molecule has 1 aliphatic rings. The first-order valence-corrected chi connectivity index (χ1v) is 6.92. The summed E-state index contributed by atoms with van der Waals surface area (Å²) < 4.78 is 11.1. The van der Waals surface area contributed by atoms with Gasteiger partial charge < -0.3 is 20.1 Å². The molecule has 0 aliphatic heterocycles. The Kier molecular flexibility index (Phi) is 4.98. The Bertz CT molecular complexity index is 464. The van der Waals surface area contributed by atoms with Gasteiger partial charge in [0.05, 0.1) is 12.1 Å². The van der Waals surface area contributed by atoms with Crippen molar-refractivity contribution in [3.8, 4) is 0 Å². The number of hydrogen-bond acceptors (Lipinski definition) is 4. The maximum atomic E-state index is 11.6. The predicted molar refractivity (Wildman–Crippen MR) is 78.1 cm³/mol. The summed E-state index contributed by atoms with van der Waals surface area (Å²) >= 11 is 0. The molecule has 0 spiro atoms. The highest BCUT2D eigenvalue weighted by atomic mass is 16.5. The van der Waals surface area contributed by atoms with E-state index in [0.29, 0.717) is 12.2 Å². The number of rotatable bonds is 6. The van der Waals surface area contributed by atoms with Crippen molar-refractivity contribution in [1.82, 2.24) is 5.32 Å². The van der Waals surface area contributed by atoms with E-state index < -0.39 is 0 Å². The molecule has 0 bridgehead atoms. The maximum Gasteiger partial charge on any atom is 0.251 e. The maximum absolute atomic E-state index is 11.6. The minimum atomic E-state index is -0.0854. The van der Waals surface area contributed by atoms with Crippen LogP contribution < -0.4 is 10.6 Å². The van der Waals surface area contributed by atoms with E-state index in [4.69, 9.17) is 9.47 Å². The molecule has 1 aromatic rings. The molecule has 5 heteroatoms. The lowest BCUT2D eigenvalue weighted by Gasteiger charge is -2.43. The third-order valence-electron chi connectivity index (χ3n) is 3.61. The topological polar surface area (TPSA) is 59.6 Å². The van der Waals surface area contributed by atoms with E-state index in [9.17, 15) is 4.79 Å². The van der Waals surface area contributed by atoms with E-state index in [0.717, 1.165) is 12.1 Å². The zero-order valence-electron chi connectivity index (χ0n) is 12.2. The minimum absolute atomic E-state index is 0.0543. The van der Waals surface area contributed by atoms with Crippen molar-refractivity contribution in [2.75, 3.05) is 26.1 Å². The lowest BCUT2D eigenvalue weighted by Crippen LogP contribution is -2.56. The Labute approximate surface area is 119 Å². The van der Waals surface area contributed by atoms with Gasteiger partial charge in [-0.15, -0.1) is 0 Å². The molecule has 0 heterocycles. The SMILES string of the molecule is CCOC1CC(Nc2cccc(C(=O)NC)c2)C1OC. The average Bonchev–Trinajstić information content (AvgIpc) is 2.46. The number of methoxy groups -OCH3 is 1. The van der Waals surface area contributed by atoms with Gasteiger partial charge in [-0.25, -0.2) is 0 Å². The van der Waals surface area contributed by atoms with Crippen LogP contribution in [0, 0.1) is 0 Å². The first-order chi connectivity index (χ1) is 9.69. The molecule has 0 radical (unpaired) electrons. The first kappa shape index (κ1) is 14.8. The molecule has 20 heavy (non-hydrogen) atoms. The van der Waals surface area contributed by atoms with Crippen molar-refractivity contribution in [2.24, 2.45) is 0 Å². The number of nitrogens with one attached hydrogen (secondary N) is 2. The molecule has 0 aromatic heterocycles. The number of benzene rings is 1. The fourth-order valence-electron chi connectivity index (χ4n) is 2.52. The van der Waals surface area contributed by atoms with Crippen molar-refractivity contribution in [3.63, 3.8) is 0 Å². The van der Waals surface area contributed by atoms with Gasteiger partial charge in [-0.3, -0.25) is 4.79 Å². The molecule has 1 amide bonds. The summed E-state index contributed by atoms with van der Waals surface area (Å²) in [7, 11) is 3.33. The van der Waals surface area contributed by atoms with Crippen molar-refractivity contribution >= 4 is 11.6 Å². The van der Waals surface area contributed by atoms with Crippen molar-refractivity contribution in [2.45, 2.75) is 31.6 Å². The van der Waals surface area contributed by atoms with Crippen LogP contribution in [0.4, 0.5) is 5.69 Å². The van der Waals surface area contributed by atoms with Gasteiger partial charge in [-0.05, 0) is 31.5 Å². The zero-order valence-corrected chi connectivity index (χ0v) is 12.2. The quantitative estimate of drug-likeness (QED) is 0.830. The fraction of sp³-hybridized carbons (Fsp3) is 0.533. The van der Waals surface area contributed by atoms with Gasteiger partial charge in [-0.1, -0.05) is 6.07 Å². The molecule has 1 saturated carbocycles. The highest BCUT2D eigenvalue weighted by Gasteiger charge is 2.42. The van der Waals surface area contributed by atoms with E-state index in [1.807, 2.05) is 25.1 Å². The lowest BCUT2D eigenvalue weighted by molar-refractivity contribution is -0.118. The number of carbonyl (C=O) groups excluding carboxylic acids is 1. The van der Waals surface area contributed by atoms with Gasteiger partial charge in [-0.2, -0.15) is 0 Å². The molecular weight excluding hydrogens is 256 g/mol. The average molecular weight is 278 g/mol. The summed E-state index contributed by atoms with van der Waals surface area (Å²) in [5.74, 6) is -0.0854. The van der Waals surface area contributed by atoms with Crippen LogP contribution in [0.5, 0.6) is 0 Å². The Morgan fingerprint density at radius 2 is 2.25 bits per heavy atom. The number of hydrogen-bond donors (Lipinski definition) is 2. The van der Waals surface area contributed by atoms with E-state index in [-0.39, 0.29) is 24.2 Å². The monoisotopic (exact) mass is 278 g/mol. The molecule has 1 aromatic carbocycles. The van der Waals surface area contributed by atoms with Crippen LogP contribution in [0.2, 0.25) is 0 Å². The second kappa shape index (κ2) is 6.72. The number of ether oxygens (including phenoxy) is 2. The molecule has 2 rings (SSSR count). The Balaban J connectivity index is 1.99. The van der Waals surface area contributed by atoms with Crippen LogP contribution in [0.1, 0.15) is 23.7 Å². The van der Waals surface area contributed by atoms with Crippen LogP contribution in [0.25, 0.3) is 0 Å². The summed E-state index contributed by atoms with van der Waals surface area (Å²) in [6.45, 7) is 2.68. The van der Waals surface area contributed by atoms with Crippen molar-refractivity contribution in [1.29, 1.82) is 0 Å². The molecule has 0 saturated heterocycles. The van der Waals surface area contributed by atoms with Crippen molar-refractivity contribution < 1.29 is 14.3 Å². The van der Waals surface area contributed by atoms with E-state index >= 15 is 0 Å². The van der Waals surface area contributed by atoms with E-state index in [1.165, 1.54) is 0 Å². The molecular formula is C15H22N2O3. The predicted octanol–water partition coefficient (Wildman–Crippen LogP) is 1.65. The Morgan fingerprint density at radius 1 is 1.45 bits per heavy atom. The van der Waals surface area contributed by atoms with Crippen LogP contribution in [-0.2, 0) is 9.47 Å². The molecule has 3 atom stereocenters. The van der Waals surface area contributed by atoms with E-state index in [2.05, 4.69) is 10.6 Å². The Morgan fingerprint density at radius 3 is 2.90 bits per heavy atom. The van der Waals surface area contributed by atoms with E-state index in [1.54, 1.807) is 20.2 Å². The van der Waals surface area contributed by atoms with Gasteiger partial charge in [0.2, 0.25) is 0 Å². The third kappa shape index (κ3) is 3.11. The van der Waals surface area contributed by atoms with Gasteiger partial charge >= 0.3 is 0 Å². The van der Waals surface area contributed by atoms with Crippen LogP contribution in [0.3, 0.4) is 0 Å². The third-order valence-corrected chi connectivity index (χ3v) is 3.61. The normalized spacial score (nSPS) is 24.9. The van der Waals surface area contributed by atoms with Crippen molar-refractivity contribution in [3.05, 3.63) is 29.8 Å². The molecule has 110 valence electrons. The first-order valence-electron chi connectivity index (χ1n) is 6.92. The molecule has 2 N–H and O–H groups in total. The Hall–Kier alpha value is -1.59. The smallest absolute Gasteiger partial charge is 0.251 e. The van der Waals surface area contributed by atoms with Gasteiger partial charge in [0, 0.05) is 32.0 Å². The second-order valence-electron chi connectivity index (χ2n) is 4.84.